The van der Waals surface area contributed by atoms with Crippen LogP contribution in [0.25, 0.3) is 22.6 Å². The minimum atomic E-state index is 0.534. The highest BCUT2D eigenvalue weighted by atomic mass is 15.3. The first kappa shape index (κ1) is 13.8. The van der Waals surface area contributed by atoms with E-state index < -0.39 is 0 Å². The molecule has 0 amide bonds. The topological polar surface area (TPSA) is 61.7 Å². The van der Waals surface area contributed by atoms with Crippen LogP contribution in [0, 0.1) is 5.92 Å². The molecular formula is C16H21N5. The summed E-state index contributed by atoms with van der Waals surface area (Å²) in [6, 6.07) is 8.25. The molecule has 3 rings (SSSR count). The van der Waals surface area contributed by atoms with Crippen molar-refractivity contribution in [3.8, 4) is 11.5 Å². The van der Waals surface area contributed by atoms with Crippen LogP contribution in [0.4, 0.5) is 0 Å². The summed E-state index contributed by atoms with van der Waals surface area (Å²) in [7, 11) is 1.92. The fraction of sp³-hybridized carbons (Fsp3) is 0.375. The van der Waals surface area contributed by atoms with Crippen molar-refractivity contribution in [1.82, 2.24) is 19.3 Å². The normalized spacial score (nSPS) is 11.7. The Kier molecular flexibility index (Phi) is 3.51. The quantitative estimate of drug-likeness (QED) is 0.800. The van der Waals surface area contributed by atoms with Gasteiger partial charge in [-0.05, 0) is 29.7 Å². The second kappa shape index (κ2) is 5.33. The van der Waals surface area contributed by atoms with Gasteiger partial charge in [-0.2, -0.15) is 5.10 Å². The molecular weight excluding hydrogens is 262 g/mol. The van der Waals surface area contributed by atoms with Crippen LogP contribution in [0.2, 0.25) is 0 Å². The summed E-state index contributed by atoms with van der Waals surface area (Å²) in [5, 5.41) is 4.50. The first-order valence-corrected chi connectivity index (χ1v) is 7.27. The number of aromatic nitrogens is 4. The predicted molar refractivity (Wildman–Crippen MR) is 84.7 cm³/mol. The smallest absolute Gasteiger partial charge is 0.161 e. The Balaban J connectivity index is 2.21. The summed E-state index contributed by atoms with van der Waals surface area (Å²) < 4.78 is 4.06. The zero-order chi connectivity index (χ0) is 15.0. The molecule has 0 spiro atoms. The van der Waals surface area contributed by atoms with Gasteiger partial charge in [0.1, 0.15) is 5.69 Å². The molecule has 5 nitrogen and oxygen atoms in total. The number of nitrogens with two attached hydrogens (primary N) is 1. The Hall–Kier alpha value is -2.14. The minimum absolute atomic E-state index is 0.534. The van der Waals surface area contributed by atoms with Crippen molar-refractivity contribution < 1.29 is 0 Å². The second-order valence-electron chi connectivity index (χ2n) is 5.84. The van der Waals surface area contributed by atoms with Crippen molar-refractivity contribution >= 4 is 11.0 Å². The van der Waals surface area contributed by atoms with Crippen LogP contribution in [0.3, 0.4) is 0 Å². The highest BCUT2D eigenvalue weighted by Gasteiger charge is 2.15. The van der Waals surface area contributed by atoms with Crippen LogP contribution >= 0.6 is 0 Å². The maximum absolute atomic E-state index is 5.73. The molecule has 0 aliphatic heterocycles. The molecule has 3 aromatic rings. The number of rotatable bonds is 4. The standard InChI is InChI=1S/C16H21N5/c1-11(2)10-21-15-5-4-12(9-17)8-14(15)18-16(21)13-6-7-20(3)19-13/h4-8,11H,9-10,17H2,1-3H3. The molecule has 2 aromatic heterocycles. The number of aryl methyl sites for hydroxylation is 1. The van der Waals surface area contributed by atoms with Crippen LogP contribution in [-0.2, 0) is 20.1 Å². The SMILES string of the molecule is CC(C)Cn1c(-c2ccn(C)n2)nc2cc(CN)ccc21. The van der Waals surface area contributed by atoms with Crippen LogP contribution in [0.1, 0.15) is 19.4 Å². The van der Waals surface area contributed by atoms with E-state index in [0.29, 0.717) is 12.5 Å². The molecule has 0 aliphatic rings. The summed E-state index contributed by atoms with van der Waals surface area (Å²) >= 11 is 0. The second-order valence-corrected chi connectivity index (χ2v) is 5.84. The lowest BCUT2D eigenvalue weighted by molar-refractivity contribution is 0.535. The van der Waals surface area contributed by atoms with Gasteiger partial charge in [0, 0.05) is 26.3 Å². The Morgan fingerprint density at radius 3 is 2.67 bits per heavy atom. The minimum Gasteiger partial charge on any atom is -0.326 e. The van der Waals surface area contributed by atoms with E-state index >= 15 is 0 Å². The first-order chi connectivity index (χ1) is 10.1. The van der Waals surface area contributed by atoms with Gasteiger partial charge in [0.25, 0.3) is 0 Å². The molecule has 1 aromatic carbocycles. The maximum atomic E-state index is 5.73. The molecule has 0 saturated carbocycles. The summed E-state index contributed by atoms with van der Waals surface area (Å²) in [6.07, 6.45) is 1.94. The van der Waals surface area contributed by atoms with Crippen molar-refractivity contribution in [2.45, 2.75) is 26.9 Å². The van der Waals surface area contributed by atoms with E-state index in [-0.39, 0.29) is 0 Å². The van der Waals surface area contributed by atoms with Gasteiger partial charge in [-0.1, -0.05) is 19.9 Å². The molecule has 0 saturated heterocycles. The number of benzene rings is 1. The third kappa shape index (κ3) is 2.56. The van der Waals surface area contributed by atoms with E-state index in [0.717, 1.165) is 34.7 Å². The van der Waals surface area contributed by atoms with Crippen molar-refractivity contribution in [2.24, 2.45) is 18.7 Å². The summed E-state index contributed by atoms with van der Waals surface area (Å²) in [4.78, 5) is 4.79. The largest absolute Gasteiger partial charge is 0.326 e. The monoisotopic (exact) mass is 283 g/mol. The molecule has 110 valence electrons. The van der Waals surface area contributed by atoms with E-state index in [9.17, 15) is 0 Å². The Bertz CT molecular complexity index is 766. The van der Waals surface area contributed by atoms with Crippen molar-refractivity contribution in [1.29, 1.82) is 0 Å². The maximum Gasteiger partial charge on any atom is 0.161 e. The average molecular weight is 283 g/mol. The van der Waals surface area contributed by atoms with E-state index in [2.05, 4.69) is 41.7 Å². The fourth-order valence-electron chi connectivity index (χ4n) is 2.58. The molecule has 0 aliphatic carbocycles. The van der Waals surface area contributed by atoms with Crippen molar-refractivity contribution in [3.63, 3.8) is 0 Å². The summed E-state index contributed by atoms with van der Waals surface area (Å²) in [5.74, 6) is 1.47. The van der Waals surface area contributed by atoms with E-state index in [1.54, 1.807) is 4.68 Å². The Morgan fingerprint density at radius 1 is 1.24 bits per heavy atom. The summed E-state index contributed by atoms with van der Waals surface area (Å²) in [5.41, 5.74) is 9.86. The average Bonchev–Trinajstić information content (AvgIpc) is 3.02. The van der Waals surface area contributed by atoms with Crippen LogP contribution in [0.5, 0.6) is 0 Å². The number of fused-ring (bicyclic) bond motifs is 1. The Morgan fingerprint density at radius 2 is 2.05 bits per heavy atom. The van der Waals surface area contributed by atoms with Crippen molar-refractivity contribution in [3.05, 3.63) is 36.0 Å². The number of nitrogens with zero attached hydrogens (tertiary/aromatic N) is 4. The Labute approximate surface area is 124 Å². The molecule has 0 unspecified atom stereocenters. The fourth-order valence-corrected chi connectivity index (χ4v) is 2.58. The van der Waals surface area contributed by atoms with E-state index in [1.807, 2.05) is 19.3 Å². The molecule has 0 fully saturated rings. The van der Waals surface area contributed by atoms with Crippen LogP contribution in [-0.4, -0.2) is 19.3 Å². The lowest BCUT2D eigenvalue weighted by Crippen LogP contribution is -2.06. The predicted octanol–water partition coefficient (Wildman–Crippen LogP) is 2.55. The number of imidazole rings is 1. The lowest BCUT2D eigenvalue weighted by Gasteiger charge is -2.10. The molecule has 2 heterocycles. The zero-order valence-corrected chi connectivity index (χ0v) is 12.7. The van der Waals surface area contributed by atoms with Gasteiger partial charge >= 0.3 is 0 Å². The van der Waals surface area contributed by atoms with Crippen LogP contribution < -0.4 is 5.73 Å². The van der Waals surface area contributed by atoms with Gasteiger partial charge in [-0.25, -0.2) is 4.98 Å². The van der Waals surface area contributed by atoms with Crippen LogP contribution in [0.15, 0.2) is 30.5 Å². The zero-order valence-electron chi connectivity index (χ0n) is 12.7. The summed E-state index contributed by atoms with van der Waals surface area (Å²) in [6.45, 7) is 5.88. The third-order valence-corrected chi connectivity index (χ3v) is 3.54. The molecule has 21 heavy (non-hydrogen) atoms. The molecule has 0 atom stereocenters. The number of hydrogen-bond donors (Lipinski definition) is 1. The van der Waals surface area contributed by atoms with Gasteiger partial charge < -0.3 is 10.3 Å². The van der Waals surface area contributed by atoms with Gasteiger partial charge in [0.15, 0.2) is 5.82 Å². The molecule has 2 N–H and O–H groups in total. The van der Waals surface area contributed by atoms with Gasteiger partial charge in [-0.15, -0.1) is 0 Å². The third-order valence-electron chi connectivity index (χ3n) is 3.54. The molecule has 0 bridgehead atoms. The van der Waals surface area contributed by atoms with E-state index in [4.69, 9.17) is 10.7 Å². The lowest BCUT2D eigenvalue weighted by atomic mass is 10.2. The highest BCUT2D eigenvalue weighted by Crippen LogP contribution is 2.25. The first-order valence-electron chi connectivity index (χ1n) is 7.27. The van der Waals surface area contributed by atoms with Gasteiger partial charge in [0.05, 0.1) is 11.0 Å². The highest BCUT2D eigenvalue weighted by molar-refractivity contribution is 5.80. The van der Waals surface area contributed by atoms with Gasteiger partial charge in [0.2, 0.25) is 0 Å². The number of hydrogen-bond acceptors (Lipinski definition) is 3. The van der Waals surface area contributed by atoms with Crippen molar-refractivity contribution in [2.75, 3.05) is 0 Å². The molecule has 5 heteroatoms. The molecule has 0 radical (unpaired) electrons. The van der Waals surface area contributed by atoms with Gasteiger partial charge in [-0.3, -0.25) is 4.68 Å². The van der Waals surface area contributed by atoms with E-state index in [1.165, 1.54) is 0 Å².